The van der Waals surface area contributed by atoms with Crippen molar-refractivity contribution in [2.45, 2.75) is 31.7 Å². The number of fused-ring (bicyclic) bond motifs is 1. The molecule has 1 aromatic heterocycles. The van der Waals surface area contributed by atoms with Crippen LogP contribution in [0.2, 0.25) is 0 Å². The number of amides is 2. The van der Waals surface area contributed by atoms with Crippen LogP contribution in [0.5, 0.6) is 0 Å². The highest BCUT2D eigenvalue weighted by atomic mass is 32.1. The van der Waals surface area contributed by atoms with Crippen LogP contribution in [-0.2, 0) is 11.2 Å². The molecule has 1 aliphatic rings. The summed E-state index contributed by atoms with van der Waals surface area (Å²) in [5, 5.41) is 6.27. The molecule has 0 radical (unpaired) electrons. The Bertz CT molecular complexity index is 1030. The normalized spacial score (nSPS) is 16.1. The maximum atomic E-state index is 13.0. The van der Waals surface area contributed by atoms with Crippen molar-refractivity contribution in [1.29, 1.82) is 0 Å². The number of hydrogen-bond acceptors (Lipinski definition) is 4. The fraction of sp³-hybridized carbons (Fsp3) is 0.227. The zero-order chi connectivity index (χ0) is 20.4. The molecule has 2 aromatic carbocycles. The molecule has 2 N–H and O–H groups in total. The quantitative estimate of drug-likeness (QED) is 0.654. The molecule has 2 amide bonds. The lowest BCUT2D eigenvalue weighted by atomic mass is 10.0. The van der Waals surface area contributed by atoms with Crippen molar-refractivity contribution in [2.75, 3.05) is 5.32 Å². The van der Waals surface area contributed by atoms with Crippen LogP contribution in [0.1, 0.15) is 51.8 Å². The number of halogens is 1. The Balaban J connectivity index is 1.44. The fourth-order valence-electron chi connectivity index (χ4n) is 3.45. The average molecular weight is 409 g/mol. The molecule has 5 nitrogen and oxygen atoms in total. The zero-order valence-corrected chi connectivity index (χ0v) is 16.6. The number of hydrogen-bond donors (Lipinski definition) is 2. The molecule has 1 aliphatic carbocycles. The van der Waals surface area contributed by atoms with Crippen LogP contribution in [0.3, 0.4) is 0 Å². The second kappa shape index (κ2) is 8.13. The van der Waals surface area contributed by atoms with Crippen LogP contribution in [-0.4, -0.2) is 16.8 Å². The van der Waals surface area contributed by atoms with E-state index in [4.69, 9.17) is 0 Å². The Kier molecular flexibility index (Phi) is 5.40. The number of nitrogens with one attached hydrogen (secondary N) is 2. The molecule has 29 heavy (non-hydrogen) atoms. The first kappa shape index (κ1) is 19.3. The highest BCUT2D eigenvalue weighted by Crippen LogP contribution is 2.38. The van der Waals surface area contributed by atoms with Crippen molar-refractivity contribution in [3.63, 3.8) is 0 Å². The first-order chi connectivity index (χ1) is 14.0. The summed E-state index contributed by atoms with van der Waals surface area (Å²) in [4.78, 5) is 30.7. The Morgan fingerprint density at radius 2 is 1.86 bits per heavy atom. The van der Waals surface area contributed by atoms with Crippen molar-refractivity contribution in [2.24, 2.45) is 0 Å². The number of aromatic nitrogens is 1. The topological polar surface area (TPSA) is 71.1 Å². The number of thiazole rings is 1. The molecule has 2 atom stereocenters. The SMILES string of the molecule is CC(NC(=O)C1CCc2sc(NC(=O)c3ccc(F)cc3)nc21)c1ccccc1. The summed E-state index contributed by atoms with van der Waals surface area (Å²) in [6.07, 6.45) is 1.48. The van der Waals surface area contributed by atoms with E-state index in [1.807, 2.05) is 37.3 Å². The molecule has 0 fully saturated rings. The molecule has 3 aromatic rings. The summed E-state index contributed by atoms with van der Waals surface area (Å²) in [7, 11) is 0. The van der Waals surface area contributed by atoms with Gasteiger partial charge in [0.25, 0.3) is 5.91 Å². The van der Waals surface area contributed by atoms with Crippen molar-refractivity contribution in [3.05, 3.63) is 82.1 Å². The van der Waals surface area contributed by atoms with Crippen LogP contribution in [0.25, 0.3) is 0 Å². The van der Waals surface area contributed by atoms with Gasteiger partial charge in [-0.3, -0.25) is 14.9 Å². The summed E-state index contributed by atoms with van der Waals surface area (Å²) in [6, 6.07) is 15.0. The number of rotatable bonds is 5. The number of anilines is 1. The van der Waals surface area contributed by atoms with E-state index in [9.17, 15) is 14.0 Å². The van der Waals surface area contributed by atoms with Crippen LogP contribution >= 0.6 is 11.3 Å². The van der Waals surface area contributed by atoms with Gasteiger partial charge in [-0.15, -0.1) is 11.3 Å². The lowest BCUT2D eigenvalue weighted by molar-refractivity contribution is -0.123. The van der Waals surface area contributed by atoms with E-state index in [1.165, 1.54) is 35.6 Å². The lowest BCUT2D eigenvalue weighted by Gasteiger charge is -2.17. The van der Waals surface area contributed by atoms with E-state index in [2.05, 4.69) is 15.6 Å². The van der Waals surface area contributed by atoms with Crippen molar-refractivity contribution in [3.8, 4) is 0 Å². The van der Waals surface area contributed by atoms with Gasteiger partial charge in [-0.05, 0) is 49.6 Å². The van der Waals surface area contributed by atoms with Gasteiger partial charge in [-0.1, -0.05) is 30.3 Å². The lowest BCUT2D eigenvalue weighted by Crippen LogP contribution is -2.31. The molecule has 148 valence electrons. The summed E-state index contributed by atoms with van der Waals surface area (Å²) in [6.45, 7) is 1.96. The average Bonchev–Trinajstić information content (AvgIpc) is 3.29. The van der Waals surface area contributed by atoms with Crippen molar-refractivity contribution in [1.82, 2.24) is 10.3 Å². The van der Waals surface area contributed by atoms with Gasteiger partial charge in [0.1, 0.15) is 5.82 Å². The molecular weight excluding hydrogens is 389 g/mol. The third kappa shape index (κ3) is 4.19. The summed E-state index contributed by atoms with van der Waals surface area (Å²) in [5.41, 5.74) is 2.14. The van der Waals surface area contributed by atoms with Gasteiger partial charge in [-0.25, -0.2) is 9.37 Å². The first-order valence-electron chi connectivity index (χ1n) is 9.43. The van der Waals surface area contributed by atoms with Gasteiger partial charge >= 0.3 is 0 Å². The predicted molar refractivity (Wildman–Crippen MR) is 111 cm³/mol. The van der Waals surface area contributed by atoms with Gasteiger partial charge in [0, 0.05) is 10.4 Å². The van der Waals surface area contributed by atoms with Crippen LogP contribution < -0.4 is 10.6 Å². The molecule has 0 aliphatic heterocycles. The van der Waals surface area contributed by atoms with Crippen LogP contribution in [0, 0.1) is 5.82 Å². The number of carbonyl (C=O) groups is 2. The minimum absolute atomic E-state index is 0.0539. The summed E-state index contributed by atoms with van der Waals surface area (Å²) in [5.74, 6) is -1.12. The van der Waals surface area contributed by atoms with E-state index in [-0.39, 0.29) is 23.8 Å². The number of aryl methyl sites for hydroxylation is 1. The minimum atomic E-state index is -0.395. The van der Waals surface area contributed by atoms with E-state index >= 15 is 0 Å². The van der Waals surface area contributed by atoms with Crippen LogP contribution in [0.15, 0.2) is 54.6 Å². The molecular formula is C22H20FN3O2S. The predicted octanol–water partition coefficient (Wildman–Crippen LogP) is 4.44. The first-order valence-corrected chi connectivity index (χ1v) is 10.2. The highest BCUT2D eigenvalue weighted by molar-refractivity contribution is 7.16. The van der Waals surface area contributed by atoms with E-state index < -0.39 is 5.82 Å². The van der Waals surface area contributed by atoms with Gasteiger partial charge in [0.05, 0.1) is 17.7 Å². The molecule has 1 heterocycles. The molecule has 0 saturated heterocycles. The molecule has 2 unspecified atom stereocenters. The Hall–Kier alpha value is -3.06. The fourth-order valence-corrected chi connectivity index (χ4v) is 4.48. The standard InChI is InChI=1S/C22H20FN3O2S/c1-13(14-5-3-2-4-6-14)24-21(28)17-11-12-18-19(17)25-22(29-18)26-20(27)15-7-9-16(23)10-8-15/h2-10,13,17H,11-12H2,1H3,(H,24,28)(H,25,26,27). The van der Waals surface area contributed by atoms with Gasteiger partial charge in [0.15, 0.2) is 5.13 Å². The second-order valence-electron chi connectivity index (χ2n) is 7.02. The maximum Gasteiger partial charge on any atom is 0.257 e. The Labute approximate surface area is 172 Å². The number of carbonyl (C=O) groups excluding carboxylic acids is 2. The molecule has 0 spiro atoms. The van der Waals surface area contributed by atoms with E-state index in [0.29, 0.717) is 17.1 Å². The maximum absolute atomic E-state index is 13.0. The third-order valence-electron chi connectivity index (χ3n) is 5.02. The van der Waals surface area contributed by atoms with Gasteiger partial charge < -0.3 is 5.32 Å². The largest absolute Gasteiger partial charge is 0.349 e. The molecule has 7 heteroatoms. The Morgan fingerprint density at radius 1 is 1.14 bits per heavy atom. The summed E-state index contributed by atoms with van der Waals surface area (Å²) >= 11 is 1.39. The monoisotopic (exact) mass is 409 g/mol. The number of nitrogens with zero attached hydrogens (tertiary/aromatic N) is 1. The number of benzene rings is 2. The molecule has 0 saturated carbocycles. The smallest absolute Gasteiger partial charge is 0.257 e. The van der Waals surface area contributed by atoms with Gasteiger partial charge in [0.2, 0.25) is 5.91 Å². The van der Waals surface area contributed by atoms with Gasteiger partial charge in [-0.2, -0.15) is 0 Å². The van der Waals surface area contributed by atoms with Crippen molar-refractivity contribution >= 4 is 28.3 Å². The third-order valence-corrected chi connectivity index (χ3v) is 6.07. The zero-order valence-electron chi connectivity index (χ0n) is 15.8. The Morgan fingerprint density at radius 3 is 2.59 bits per heavy atom. The molecule has 0 bridgehead atoms. The van der Waals surface area contributed by atoms with Crippen LogP contribution in [0.4, 0.5) is 9.52 Å². The molecule has 4 rings (SSSR count). The van der Waals surface area contributed by atoms with E-state index in [1.54, 1.807) is 0 Å². The highest BCUT2D eigenvalue weighted by Gasteiger charge is 2.33. The summed E-state index contributed by atoms with van der Waals surface area (Å²) < 4.78 is 13.0. The van der Waals surface area contributed by atoms with Crippen molar-refractivity contribution < 1.29 is 14.0 Å². The second-order valence-corrected chi connectivity index (χ2v) is 8.10. The minimum Gasteiger partial charge on any atom is -0.349 e. The van der Waals surface area contributed by atoms with E-state index in [0.717, 1.165) is 22.6 Å².